The van der Waals surface area contributed by atoms with Crippen LogP contribution >= 0.6 is 0 Å². The molecule has 5 nitrogen and oxygen atoms in total. The van der Waals surface area contributed by atoms with Crippen molar-refractivity contribution >= 4 is 11.9 Å². The van der Waals surface area contributed by atoms with E-state index in [0.29, 0.717) is 11.5 Å². The molecule has 0 saturated carbocycles. The fraction of sp³-hybridized carbons (Fsp3) is 0.300. The molecule has 0 bridgehead atoms. The van der Waals surface area contributed by atoms with Crippen LogP contribution in [0.4, 0.5) is 0 Å². The minimum absolute atomic E-state index is 0.0156. The minimum Gasteiger partial charge on any atom is -0.457 e. The lowest BCUT2D eigenvalue weighted by Crippen LogP contribution is -2.40. The van der Waals surface area contributed by atoms with E-state index in [4.69, 9.17) is 9.47 Å². The second-order valence-electron chi connectivity index (χ2n) is 6.35. The van der Waals surface area contributed by atoms with Gasteiger partial charge in [-0.15, -0.1) is 0 Å². The fourth-order valence-electron chi connectivity index (χ4n) is 2.86. The number of esters is 1. The number of amides is 1. The van der Waals surface area contributed by atoms with Crippen LogP contribution in [0.25, 0.3) is 0 Å². The molecule has 130 valence electrons. The molecule has 1 atom stereocenters. The Balaban J connectivity index is 1.89. The number of fused-ring (bicyclic) bond motifs is 2. The van der Waals surface area contributed by atoms with Crippen molar-refractivity contribution in [3.8, 4) is 11.5 Å². The average molecular weight is 339 g/mol. The Morgan fingerprint density at radius 1 is 0.960 bits per heavy atom. The Morgan fingerprint density at radius 2 is 1.48 bits per heavy atom. The third-order valence-corrected chi connectivity index (χ3v) is 4.01. The lowest BCUT2D eigenvalue weighted by molar-refractivity contribution is -0.155. The molecule has 1 amide bonds. The highest BCUT2D eigenvalue weighted by Crippen LogP contribution is 2.44. The van der Waals surface area contributed by atoms with Gasteiger partial charge in [0, 0.05) is 17.2 Å². The van der Waals surface area contributed by atoms with Crippen molar-refractivity contribution in [3.63, 3.8) is 0 Å². The summed E-state index contributed by atoms with van der Waals surface area (Å²) in [4.78, 5) is 24.9. The van der Waals surface area contributed by atoms with Gasteiger partial charge in [0.15, 0.2) is 6.10 Å². The highest BCUT2D eigenvalue weighted by Gasteiger charge is 2.35. The largest absolute Gasteiger partial charge is 0.457 e. The first kappa shape index (κ1) is 17.0. The molecule has 1 unspecified atom stereocenters. The second kappa shape index (κ2) is 6.97. The number of nitrogens with one attached hydrogen (secondary N) is 1. The van der Waals surface area contributed by atoms with Crippen molar-refractivity contribution < 1.29 is 19.1 Å². The molecule has 1 aliphatic heterocycles. The molecular weight excluding hydrogens is 318 g/mol. The normalized spacial score (nSPS) is 14.1. The van der Waals surface area contributed by atoms with Crippen molar-refractivity contribution in [1.82, 2.24) is 5.32 Å². The van der Waals surface area contributed by atoms with Crippen LogP contribution < -0.4 is 10.1 Å². The zero-order valence-corrected chi connectivity index (χ0v) is 14.5. The topological polar surface area (TPSA) is 64.6 Å². The molecular formula is C20H21NO4. The van der Waals surface area contributed by atoms with Gasteiger partial charge in [0.25, 0.3) is 5.91 Å². The SMILES string of the molecule is CC(C)NC(=O)C(C)OC(=O)C1c2ccccc2Oc2ccccc21. The van der Waals surface area contributed by atoms with Crippen LogP contribution in [0, 0.1) is 0 Å². The van der Waals surface area contributed by atoms with E-state index in [1.807, 2.05) is 62.4 Å². The molecule has 0 radical (unpaired) electrons. The summed E-state index contributed by atoms with van der Waals surface area (Å²) in [6.07, 6.45) is -0.864. The number of hydrogen-bond donors (Lipinski definition) is 1. The number of para-hydroxylation sites is 2. The van der Waals surface area contributed by atoms with Gasteiger partial charge in [0.2, 0.25) is 0 Å². The smallest absolute Gasteiger partial charge is 0.318 e. The van der Waals surface area contributed by atoms with E-state index in [9.17, 15) is 9.59 Å². The van der Waals surface area contributed by atoms with E-state index in [-0.39, 0.29) is 11.9 Å². The van der Waals surface area contributed by atoms with E-state index < -0.39 is 18.0 Å². The molecule has 0 fully saturated rings. The zero-order valence-electron chi connectivity index (χ0n) is 14.5. The molecule has 5 heteroatoms. The monoisotopic (exact) mass is 339 g/mol. The molecule has 2 aromatic carbocycles. The van der Waals surface area contributed by atoms with Crippen LogP contribution in [0.15, 0.2) is 48.5 Å². The number of hydrogen-bond acceptors (Lipinski definition) is 4. The Hall–Kier alpha value is -2.82. The van der Waals surface area contributed by atoms with Gasteiger partial charge in [-0.05, 0) is 32.9 Å². The first-order valence-corrected chi connectivity index (χ1v) is 8.34. The van der Waals surface area contributed by atoms with E-state index in [2.05, 4.69) is 5.32 Å². The van der Waals surface area contributed by atoms with Gasteiger partial charge in [0.05, 0.1) is 0 Å². The van der Waals surface area contributed by atoms with Gasteiger partial charge in [-0.2, -0.15) is 0 Å². The molecule has 2 aromatic rings. The molecule has 25 heavy (non-hydrogen) atoms. The maximum absolute atomic E-state index is 12.9. The summed E-state index contributed by atoms with van der Waals surface area (Å²) in [7, 11) is 0. The molecule has 0 saturated heterocycles. The van der Waals surface area contributed by atoms with Crippen molar-refractivity contribution in [2.24, 2.45) is 0 Å². The second-order valence-corrected chi connectivity index (χ2v) is 6.35. The fourth-order valence-corrected chi connectivity index (χ4v) is 2.86. The summed E-state index contributed by atoms with van der Waals surface area (Å²) in [6, 6.07) is 14.7. The number of benzene rings is 2. The summed E-state index contributed by atoms with van der Waals surface area (Å²) in [5.41, 5.74) is 1.48. The first-order valence-electron chi connectivity index (χ1n) is 8.34. The van der Waals surface area contributed by atoms with E-state index in [1.165, 1.54) is 0 Å². The summed E-state index contributed by atoms with van der Waals surface area (Å²) in [5, 5.41) is 2.75. The van der Waals surface area contributed by atoms with Crippen molar-refractivity contribution in [2.45, 2.75) is 38.8 Å². The molecule has 1 N–H and O–H groups in total. The van der Waals surface area contributed by atoms with E-state index in [0.717, 1.165) is 11.1 Å². The van der Waals surface area contributed by atoms with Gasteiger partial charge in [-0.1, -0.05) is 36.4 Å². The lowest BCUT2D eigenvalue weighted by atomic mass is 9.88. The zero-order chi connectivity index (χ0) is 18.0. The summed E-state index contributed by atoms with van der Waals surface area (Å²) < 4.78 is 11.3. The molecule has 0 aliphatic carbocycles. The third kappa shape index (κ3) is 3.50. The maximum atomic E-state index is 12.9. The lowest BCUT2D eigenvalue weighted by Gasteiger charge is -2.27. The Bertz CT molecular complexity index is 754. The first-order chi connectivity index (χ1) is 12.0. The van der Waals surface area contributed by atoms with E-state index >= 15 is 0 Å². The Labute approximate surface area is 147 Å². The summed E-state index contributed by atoms with van der Waals surface area (Å²) in [6.45, 7) is 5.29. The molecule has 1 aliphatic rings. The van der Waals surface area contributed by atoms with Gasteiger partial charge in [0.1, 0.15) is 17.4 Å². The number of carbonyl (C=O) groups excluding carboxylic acids is 2. The summed E-state index contributed by atoms with van der Waals surface area (Å²) >= 11 is 0. The van der Waals surface area contributed by atoms with Crippen molar-refractivity contribution in [2.75, 3.05) is 0 Å². The minimum atomic E-state index is -0.864. The van der Waals surface area contributed by atoms with Crippen LogP contribution in [-0.4, -0.2) is 24.0 Å². The third-order valence-electron chi connectivity index (χ3n) is 4.01. The van der Waals surface area contributed by atoms with Crippen LogP contribution in [0.5, 0.6) is 11.5 Å². The standard InChI is InChI=1S/C20H21NO4/c1-12(2)21-19(22)13(3)24-20(23)18-14-8-4-6-10-16(14)25-17-11-7-5-9-15(17)18/h4-13,18H,1-3H3,(H,21,22). The molecule has 0 spiro atoms. The van der Waals surface area contributed by atoms with Gasteiger partial charge in [-0.3, -0.25) is 9.59 Å². The number of carbonyl (C=O) groups is 2. The van der Waals surface area contributed by atoms with Crippen LogP contribution in [0.3, 0.4) is 0 Å². The number of ether oxygens (including phenoxy) is 2. The maximum Gasteiger partial charge on any atom is 0.318 e. The number of rotatable bonds is 4. The summed E-state index contributed by atoms with van der Waals surface area (Å²) in [5.74, 6) is -0.132. The van der Waals surface area contributed by atoms with Gasteiger partial charge >= 0.3 is 5.97 Å². The predicted octanol–water partition coefficient (Wildman–Crippen LogP) is 3.38. The Morgan fingerprint density at radius 3 is 2.00 bits per heavy atom. The average Bonchev–Trinajstić information content (AvgIpc) is 2.58. The molecule has 3 rings (SSSR count). The highest BCUT2D eigenvalue weighted by atomic mass is 16.5. The van der Waals surface area contributed by atoms with Crippen LogP contribution in [0.2, 0.25) is 0 Å². The van der Waals surface area contributed by atoms with Crippen LogP contribution in [0.1, 0.15) is 37.8 Å². The van der Waals surface area contributed by atoms with Gasteiger partial charge < -0.3 is 14.8 Å². The van der Waals surface area contributed by atoms with Crippen molar-refractivity contribution in [3.05, 3.63) is 59.7 Å². The van der Waals surface area contributed by atoms with Crippen LogP contribution in [-0.2, 0) is 14.3 Å². The quantitative estimate of drug-likeness (QED) is 0.867. The van der Waals surface area contributed by atoms with Crippen molar-refractivity contribution in [1.29, 1.82) is 0 Å². The van der Waals surface area contributed by atoms with E-state index in [1.54, 1.807) is 6.92 Å². The van der Waals surface area contributed by atoms with Gasteiger partial charge in [-0.25, -0.2) is 0 Å². The highest BCUT2D eigenvalue weighted by molar-refractivity contribution is 5.89. The molecule has 0 aromatic heterocycles. The molecule has 1 heterocycles. The Kier molecular flexibility index (Phi) is 4.74. The predicted molar refractivity (Wildman–Crippen MR) is 93.6 cm³/mol.